The number of aliphatic hydroxyl groups is 2. The van der Waals surface area contributed by atoms with E-state index in [0.29, 0.717) is 0 Å². The molecule has 2 heterocycles. The van der Waals surface area contributed by atoms with Crippen LogP contribution in [0.15, 0.2) is 17.1 Å². The molecule has 3 atom stereocenters. The number of methoxy groups -OCH3 is 1. The van der Waals surface area contributed by atoms with E-state index in [9.17, 15) is 9.90 Å². The van der Waals surface area contributed by atoms with Crippen LogP contribution in [0.2, 0.25) is 0 Å². The van der Waals surface area contributed by atoms with Crippen molar-refractivity contribution >= 4 is 0 Å². The van der Waals surface area contributed by atoms with Gasteiger partial charge in [-0.25, -0.2) is 4.79 Å². The molecule has 1 saturated heterocycles. The summed E-state index contributed by atoms with van der Waals surface area (Å²) in [4.78, 5) is 15.3. The second-order valence-corrected chi connectivity index (χ2v) is 3.77. The van der Waals surface area contributed by atoms with Gasteiger partial charge in [0.05, 0.1) is 19.8 Å². The zero-order valence-electron chi connectivity index (χ0n) is 9.31. The standard InChI is InChI=1S/C10H14N2O5/c1-16-8-2-3-12(10(15)11-8)9-4-6(14)7(5-13)17-9/h2-3,6-7,9,13-14H,4-5H2,1H3/t6-,7+,9-/m0/s1. The molecule has 17 heavy (non-hydrogen) atoms. The van der Waals surface area contributed by atoms with Gasteiger partial charge in [-0.1, -0.05) is 0 Å². The van der Waals surface area contributed by atoms with Gasteiger partial charge in [0.2, 0.25) is 5.88 Å². The van der Waals surface area contributed by atoms with Crippen LogP contribution in [-0.2, 0) is 4.74 Å². The molecule has 0 saturated carbocycles. The summed E-state index contributed by atoms with van der Waals surface area (Å²) in [5, 5.41) is 18.5. The Hall–Kier alpha value is -1.44. The average Bonchev–Trinajstić information content (AvgIpc) is 2.70. The minimum Gasteiger partial charge on any atom is -0.481 e. The predicted molar refractivity (Wildman–Crippen MR) is 56.7 cm³/mol. The van der Waals surface area contributed by atoms with E-state index in [2.05, 4.69) is 4.98 Å². The van der Waals surface area contributed by atoms with Gasteiger partial charge in [0.25, 0.3) is 0 Å². The molecule has 0 aromatic carbocycles. The molecule has 94 valence electrons. The Bertz CT molecular complexity index is 447. The predicted octanol–water partition coefficient (Wildman–Crippen LogP) is -1.11. The van der Waals surface area contributed by atoms with Crippen molar-refractivity contribution in [1.29, 1.82) is 0 Å². The van der Waals surface area contributed by atoms with Gasteiger partial charge >= 0.3 is 5.69 Å². The largest absolute Gasteiger partial charge is 0.481 e. The highest BCUT2D eigenvalue weighted by Crippen LogP contribution is 2.27. The lowest BCUT2D eigenvalue weighted by Crippen LogP contribution is -2.27. The molecule has 0 radical (unpaired) electrons. The third kappa shape index (κ3) is 2.31. The maximum Gasteiger partial charge on any atom is 0.352 e. The van der Waals surface area contributed by atoms with Crippen LogP contribution in [0.1, 0.15) is 12.6 Å². The van der Waals surface area contributed by atoms with Crippen molar-refractivity contribution in [2.24, 2.45) is 0 Å². The van der Waals surface area contributed by atoms with Gasteiger partial charge in [0, 0.05) is 18.7 Å². The van der Waals surface area contributed by atoms with E-state index in [1.54, 1.807) is 0 Å². The first-order valence-corrected chi connectivity index (χ1v) is 5.23. The van der Waals surface area contributed by atoms with Gasteiger partial charge in [0.1, 0.15) is 12.3 Å². The lowest BCUT2D eigenvalue weighted by Gasteiger charge is -2.14. The molecule has 7 nitrogen and oxygen atoms in total. The molecule has 2 rings (SSSR count). The number of hydrogen-bond acceptors (Lipinski definition) is 6. The zero-order chi connectivity index (χ0) is 12.4. The van der Waals surface area contributed by atoms with Crippen LogP contribution in [0.4, 0.5) is 0 Å². The summed E-state index contributed by atoms with van der Waals surface area (Å²) in [6.07, 6.45) is -0.300. The first-order valence-electron chi connectivity index (χ1n) is 5.23. The molecular formula is C10H14N2O5. The van der Waals surface area contributed by atoms with E-state index in [-0.39, 0.29) is 18.9 Å². The summed E-state index contributed by atoms with van der Waals surface area (Å²) in [6, 6.07) is 1.53. The number of rotatable bonds is 3. The Morgan fingerprint density at radius 2 is 2.47 bits per heavy atom. The highest BCUT2D eigenvalue weighted by Gasteiger charge is 2.34. The van der Waals surface area contributed by atoms with Gasteiger partial charge in [-0.2, -0.15) is 4.98 Å². The molecule has 1 aromatic rings. The highest BCUT2D eigenvalue weighted by atomic mass is 16.5. The Balaban J connectivity index is 2.22. The normalized spacial score (nSPS) is 28.3. The van der Waals surface area contributed by atoms with Crippen molar-refractivity contribution in [3.05, 3.63) is 22.7 Å². The van der Waals surface area contributed by atoms with Crippen LogP contribution in [0.3, 0.4) is 0 Å². The molecule has 0 amide bonds. The zero-order valence-corrected chi connectivity index (χ0v) is 9.31. The van der Waals surface area contributed by atoms with Gasteiger partial charge in [-0.15, -0.1) is 0 Å². The van der Waals surface area contributed by atoms with Crippen LogP contribution in [0.5, 0.6) is 5.88 Å². The summed E-state index contributed by atoms with van der Waals surface area (Å²) < 4.78 is 11.4. The Morgan fingerprint density at radius 1 is 1.71 bits per heavy atom. The number of aromatic nitrogens is 2. The minimum atomic E-state index is -0.779. The van der Waals surface area contributed by atoms with Crippen molar-refractivity contribution < 1.29 is 19.7 Å². The topological polar surface area (TPSA) is 93.8 Å². The average molecular weight is 242 g/mol. The van der Waals surface area contributed by atoms with Crippen LogP contribution in [0.25, 0.3) is 0 Å². The maximum absolute atomic E-state index is 11.6. The summed E-state index contributed by atoms with van der Waals surface area (Å²) in [5.41, 5.74) is -0.514. The SMILES string of the molecule is COc1ccn([C@@H]2C[C@H](O)[C@@H](CO)O2)c(=O)n1. The monoisotopic (exact) mass is 242 g/mol. The van der Waals surface area contributed by atoms with Gasteiger partial charge in [0.15, 0.2) is 0 Å². The summed E-state index contributed by atoms with van der Waals surface area (Å²) >= 11 is 0. The van der Waals surface area contributed by atoms with E-state index in [1.807, 2.05) is 0 Å². The van der Waals surface area contributed by atoms with E-state index >= 15 is 0 Å². The number of ether oxygens (including phenoxy) is 2. The van der Waals surface area contributed by atoms with E-state index < -0.39 is 24.1 Å². The van der Waals surface area contributed by atoms with Crippen molar-refractivity contribution in [3.63, 3.8) is 0 Å². The lowest BCUT2D eigenvalue weighted by atomic mass is 10.2. The summed E-state index contributed by atoms with van der Waals surface area (Å²) in [7, 11) is 1.42. The third-order valence-corrected chi connectivity index (χ3v) is 2.71. The number of nitrogens with zero attached hydrogens (tertiary/aromatic N) is 2. The van der Waals surface area contributed by atoms with Crippen molar-refractivity contribution in [2.45, 2.75) is 24.9 Å². The van der Waals surface area contributed by atoms with Crippen LogP contribution >= 0.6 is 0 Å². The summed E-state index contributed by atoms with van der Waals surface area (Å²) in [5.74, 6) is 0.225. The third-order valence-electron chi connectivity index (χ3n) is 2.71. The fourth-order valence-electron chi connectivity index (χ4n) is 1.78. The molecule has 1 fully saturated rings. The van der Waals surface area contributed by atoms with E-state index in [1.165, 1.54) is 23.9 Å². The van der Waals surface area contributed by atoms with Crippen molar-refractivity contribution in [3.8, 4) is 5.88 Å². The second-order valence-electron chi connectivity index (χ2n) is 3.77. The number of aliphatic hydroxyl groups excluding tert-OH is 2. The fourth-order valence-corrected chi connectivity index (χ4v) is 1.78. The smallest absolute Gasteiger partial charge is 0.352 e. The van der Waals surface area contributed by atoms with E-state index in [0.717, 1.165) is 0 Å². The quantitative estimate of drug-likeness (QED) is 0.698. The van der Waals surface area contributed by atoms with Gasteiger partial charge in [-0.05, 0) is 0 Å². The van der Waals surface area contributed by atoms with Crippen LogP contribution in [0, 0.1) is 0 Å². The molecule has 0 bridgehead atoms. The first kappa shape index (κ1) is 12.0. The molecule has 0 unspecified atom stereocenters. The molecular weight excluding hydrogens is 228 g/mol. The number of hydrogen-bond donors (Lipinski definition) is 2. The van der Waals surface area contributed by atoms with Gasteiger partial charge in [-0.3, -0.25) is 4.57 Å². The molecule has 0 aliphatic carbocycles. The van der Waals surface area contributed by atoms with Crippen LogP contribution in [-0.4, -0.2) is 45.7 Å². The lowest BCUT2D eigenvalue weighted by molar-refractivity contribution is -0.0459. The molecule has 7 heteroatoms. The van der Waals surface area contributed by atoms with Gasteiger partial charge < -0.3 is 19.7 Å². The van der Waals surface area contributed by atoms with E-state index in [4.69, 9.17) is 14.6 Å². The van der Waals surface area contributed by atoms with Crippen LogP contribution < -0.4 is 10.4 Å². The Kier molecular flexibility index (Phi) is 3.41. The second kappa shape index (κ2) is 4.82. The molecule has 1 aliphatic rings. The maximum atomic E-state index is 11.6. The summed E-state index contributed by atoms with van der Waals surface area (Å²) in [6.45, 7) is -0.282. The highest BCUT2D eigenvalue weighted by molar-refractivity contribution is 5.05. The molecule has 1 aliphatic heterocycles. The molecule has 2 N–H and O–H groups in total. The Morgan fingerprint density at radius 3 is 3.00 bits per heavy atom. The van der Waals surface area contributed by atoms with Crippen molar-refractivity contribution in [1.82, 2.24) is 9.55 Å². The molecule has 1 aromatic heterocycles. The fraction of sp³-hybridized carbons (Fsp3) is 0.600. The van der Waals surface area contributed by atoms with Crippen molar-refractivity contribution in [2.75, 3.05) is 13.7 Å². The first-order chi connectivity index (χ1) is 8.15. The molecule has 0 spiro atoms. The Labute approximate surface area is 97.2 Å². The minimum absolute atomic E-state index is 0.225.